The molecule has 27 heavy (non-hydrogen) atoms. The zero-order chi connectivity index (χ0) is 20.8. The van der Waals surface area contributed by atoms with Crippen molar-refractivity contribution in [3.8, 4) is 5.75 Å². The van der Waals surface area contributed by atoms with Gasteiger partial charge in [-0.25, -0.2) is 0 Å². The van der Waals surface area contributed by atoms with Crippen molar-refractivity contribution in [2.75, 3.05) is 0 Å². The number of rotatable bonds is 4. The van der Waals surface area contributed by atoms with Crippen LogP contribution in [0.25, 0.3) is 0 Å². The highest BCUT2D eigenvalue weighted by Gasteiger charge is 2.33. The van der Waals surface area contributed by atoms with E-state index in [1.54, 1.807) is 13.8 Å². The van der Waals surface area contributed by atoms with Crippen LogP contribution in [0.4, 0.5) is 5.69 Å². The molecule has 0 saturated heterocycles. The minimum atomic E-state index is -5.07. The molecule has 0 atom stereocenters. The van der Waals surface area contributed by atoms with E-state index in [4.69, 9.17) is 9.11 Å². The van der Waals surface area contributed by atoms with Crippen molar-refractivity contribution in [2.24, 2.45) is 15.6 Å². The number of allylic oxidation sites excluding steroid dienone is 2. The molecule has 0 spiro atoms. The predicted molar refractivity (Wildman–Crippen MR) is 89.9 cm³/mol. The maximum atomic E-state index is 12.1. The van der Waals surface area contributed by atoms with Gasteiger partial charge >= 0.3 is 0 Å². The summed E-state index contributed by atoms with van der Waals surface area (Å²) in [5.41, 5.74) is -1.71. The molecule has 4 N–H and O–H groups in total. The Kier molecular flexibility index (Phi) is 5.18. The second kappa shape index (κ2) is 6.67. The molecule has 148 valence electrons. The van der Waals surface area contributed by atoms with Crippen LogP contribution < -0.4 is 0 Å². The van der Waals surface area contributed by atoms with Gasteiger partial charge < -0.3 is 10.2 Å². The molecular formula is C14H16N2O9S2. The molecule has 1 aliphatic carbocycles. The minimum absolute atomic E-state index is 0.0404. The van der Waals surface area contributed by atoms with E-state index >= 15 is 0 Å². The summed E-state index contributed by atoms with van der Waals surface area (Å²) in [6.45, 7) is 3.49. The summed E-state index contributed by atoms with van der Waals surface area (Å²) in [6.07, 6.45) is 0.152. The lowest BCUT2D eigenvalue weighted by atomic mass is 9.78. The van der Waals surface area contributed by atoms with Crippen molar-refractivity contribution in [3.63, 3.8) is 0 Å². The third-order valence-electron chi connectivity index (χ3n) is 3.68. The van der Waals surface area contributed by atoms with Crippen LogP contribution in [0.1, 0.15) is 26.7 Å². The van der Waals surface area contributed by atoms with Gasteiger partial charge in [0.1, 0.15) is 16.3 Å². The number of azo groups is 1. The Morgan fingerprint density at radius 2 is 1.56 bits per heavy atom. The number of Topliss-reactive ketones (excluding diaryl/α,β-unsaturated/α-hetero) is 1. The first kappa shape index (κ1) is 21.0. The van der Waals surface area contributed by atoms with E-state index < -0.39 is 58.4 Å². The number of phenolic OH excluding ortho intramolecular Hbond substituents is 1. The number of aliphatic hydroxyl groups is 1. The molecule has 0 bridgehead atoms. The molecule has 0 radical (unpaired) electrons. The number of aromatic hydroxyl groups is 1. The summed E-state index contributed by atoms with van der Waals surface area (Å²) >= 11 is 0. The highest BCUT2D eigenvalue weighted by molar-refractivity contribution is 7.86. The Morgan fingerprint density at radius 3 is 2.04 bits per heavy atom. The molecule has 0 fully saturated rings. The van der Waals surface area contributed by atoms with Crippen LogP contribution in [0.5, 0.6) is 5.75 Å². The van der Waals surface area contributed by atoms with E-state index in [0.717, 1.165) is 0 Å². The van der Waals surface area contributed by atoms with Gasteiger partial charge in [0.25, 0.3) is 20.2 Å². The summed E-state index contributed by atoms with van der Waals surface area (Å²) < 4.78 is 63.4. The van der Waals surface area contributed by atoms with E-state index in [-0.39, 0.29) is 18.6 Å². The number of carbonyl (C=O) groups is 1. The number of ketones is 1. The second-order valence-electron chi connectivity index (χ2n) is 6.68. The van der Waals surface area contributed by atoms with Gasteiger partial charge in [-0.2, -0.15) is 16.8 Å². The van der Waals surface area contributed by atoms with Crippen molar-refractivity contribution in [1.82, 2.24) is 0 Å². The fraction of sp³-hybridized carbons (Fsp3) is 0.357. The first-order valence-electron chi connectivity index (χ1n) is 7.31. The standard InChI is InChI=1S/C14H16N2O9S2/c1-14(2)5-9(17)12(10(18)6-14)16-15-8-3-7(26(20,21)22)4-11(13(8)19)27(23,24)25/h3-4,17,19H,5-6H2,1-2H3,(H,20,21,22)(H,23,24,25). The van der Waals surface area contributed by atoms with Gasteiger partial charge in [-0.1, -0.05) is 13.8 Å². The van der Waals surface area contributed by atoms with Crippen molar-refractivity contribution in [2.45, 2.75) is 36.5 Å². The van der Waals surface area contributed by atoms with Crippen LogP contribution >= 0.6 is 0 Å². The summed E-state index contributed by atoms with van der Waals surface area (Å²) in [7, 11) is -10.00. The van der Waals surface area contributed by atoms with Crippen molar-refractivity contribution < 1.29 is 40.9 Å². The zero-order valence-corrected chi connectivity index (χ0v) is 15.7. The lowest BCUT2D eigenvalue weighted by molar-refractivity contribution is -0.118. The van der Waals surface area contributed by atoms with Crippen LogP contribution in [0.3, 0.4) is 0 Å². The monoisotopic (exact) mass is 420 g/mol. The molecule has 1 aromatic rings. The zero-order valence-electron chi connectivity index (χ0n) is 14.1. The SMILES string of the molecule is CC1(C)CC(=O)C(N=Nc2cc(S(=O)(=O)O)cc(S(=O)(=O)O)c2O)=C(O)C1. The molecule has 0 heterocycles. The van der Waals surface area contributed by atoms with Crippen molar-refractivity contribution in [3.05, 3.63) is 23.6 Å². The molecule has 1 aliphatic rings. The number of carbonyl (C=O) groups excluding carboxylic acids is 1. The van der Waals surface area contributed by atoms with Gasteiger partial charge in [0.15, 0.2) is 17.2 Å². The number of hydrogen-bond donors (Lipinski definition) is 4. The maximum absolute atomic E-state index is 12.1. The maximum Gasteiger partial charge on any atom is 0.298 e. The quantitative estimate of drug-likeness (QED) is 0.417. The van der Waals surface area contributed by atoms with Crippen LogP contribution in [0.15, 0.2) is 43.6 Å². The van der Waals surface area contributed by atoms with E-state index in [2.05, 4.69) is 10.2 Å². The molecule has 0 saturated carbocycles. The smallest absolute Gasteiger partial charge is 0.298 e. The van der Waals surface area contributed by atoms with Gasteiger partial charge in [0, 0.05) is 12.8 Å². The topological polar surface area (TPSA) is 191 Å². The van der Waals surface area contributed by atoms with Gasteiger partial charge in [-0.05, 0) is 17.5 Å². The molecule has 0 aromatic heterocycles. The van der Waals surface area contributed by atoms with Gasteiger partial charge in [0.05, 0.1) is 4.90 Å². The van der Waals surface area contributed by atoms with E-state index in [1.165, 1.54) is 0 Å². The van der Waals surface area contributed by atoms with Gasteiger partial charge in [0.2, 0.25) is 0 Å². The Balaban J connectivity index is 2.63. The Hall–Kier alpha value is -2.35. The van der Waals surface area contributed by atoms with E-state index in [1.807, 2.05) is 0 Å². The van der Waals surface area contributed by atoms with Crippen LogP contribution in [-0.2, 0) is 25.0 Å². The van der Waals surface area contributed by atoms with Gasteiger partial charge in [-0.3, -0.25) is 13.9 Å². The van der Waals surface area contributed by atoms with Crippen LogP contribution in [-0.4, -0.2) is 41.9 Å². The minimum Gasteiger partial charge on any atom is -0.510 e. The summed E-state index contributed by atoms with van der Waals surface area (Å²) in [6, 6.07) is 0.904. The van der Waals surface area contributed by atoms with Crippen molar-refractivity contribution >= 4 is 31.7 Å². The number of phenols is 1. The normalized spacial score (nSPS) is 18.3. The number of benzene rings is 1. The third kappa shape index (κ3) is 4.68. The van der Waals surface area contributed by atoms with Gasteiger partial charge in [-0.15, -0.1) is 10.2 Å². The van der Waals surface area contributed by atoms with Crippen LogP contribution in [0.2, 0.25) is 0 Å². The highest BCUT2D eigenvalue weighted by Crippen LogP contribution is 2.39. The lowest BCUT2D eigenvalue weighted by Gasteiger charge is -2.27. The number of nitrogens with zero attached hydrogens (tertiary/aromatic N) is 2. The molecule has 13 heteroatoms. The molecule has 11 nitrogen and oxygen atoms in total. The Labute approximate surface area is 154 Å². The molecular weight excluding hydrogens is 404 g/mol. The first-order valence-corrected chi connectivity index (χ1v) is 10.2. The predicted octanol–water partition coefficient (Wildman–Crippen LogP) is 2.13. The summed E-state index contributed by atoms with van der Waals surface area (Å²) in [5.74, 6) is -2.09. The van der Waals surface area contributed by atoms with E-state index in [0.29, 0.717) is 12.1 Å². The fourth-order valence-corrected chi connectivity index (χ4v) is 3.71. The fourth-order valence-electron chi connectivity index (χ4n) is 2.49. The summed E-state index contributed by atoms with van der Waals surface area (Å²) in [4.78, 5) is 9.85. The molecule has 0 amide bonds. The second-order valence-corrected chi connectivity index (χ2v) is 9.49. The third-order valence-corrected chi connectivity index (χ3v) is 5.38. The van der Waals surface area contributed by atoms with Crippen LogP contribution in [0, 0.1) is 5.41 Å². The molecule has 0 aliphatic heterocycles. The van der Waals surface area contributed by atoms with Crippen molar-refractivity contribution in [1.29, 1.82) is 0 Å². The lowest BCUT2D eigenvalue weighted by Crippen LogP contribution is -2.25. The molecule has 0 unspecified atom stereocenters. The van der Waals surface area contributed by atoms with E-state index in [9.17, 15) is 31.8 Å². The number of hydrogen-bond acceptors (Lipinski definition) is 9. The molecule has 1 aromatic carbocycles. The highest BCUT2D eigenvalue weighted by atomic mass is 32.2. The average molecular weight is 420 g/mol. The number of aliphatic hydroxyl groups excluding tert-OH is 1. The Bertz CT molecular complexity index is 1080. The first-order chi connectivity index (χ1) is 12.1. The molecule has 2 rings (SSSR count). The Morgan fingerprint density at radius 1 is 0.963 bits per heavy atom. The largest absolute Gasteiger partial charge is 0.510 e. The summed E-state index contributed by atoms with van der Waals surface area (Å²) in [5, 5.41) is 26.8. The average Bonchev–Trinajstić information content (AvgIpc) is 2.44.